The summed E-state index contributed by atoms with van der Waals surface area (Å²) in [6.07, 6.45) is 1.56. The lowest BCUT2D eigenvalue weighted by molar-refractivity contribution is 0.0943. The molecule has 2 aromatic rings. The van der Waals surface area contributed by atoms with Crippen molar-refractivity contribution in [2.75, 3.05) is 5.73 Å². The second-order valence-corrected chi connectivity index (χ2v) is 3.21. The highest BCUT2D eigenvalue weighted by Crippen LogP contribution is 2.02. The van der Waals surface area contributed by atoms with Gasteiger partial charge in [-0.2, -0.15) is 0 Å². The normalized spacial score (nSPS) is 10.0. The van der Waals surface area contributed by atoms with E-state index in [9.17, 15) is 4.79 Å². The minimum absolute atomic E-state index is 0.274. The Morgan fingerprint density at radius 3 is 2.94 bits per heavy atom. The zero-order valence-electron chi connectivity index (χ0n) is 8.51. The summed E-state index contributed by atoms with van der Waals surface area (Å²) in [6, 6.07) is 8.47. The van der Waals surface area contributed by atoms with Crippen molar-refractivity contribution >= 4 is 11.7 Å². The molecule has 0 saturated carbocycles. The Labute approximate surface area is 92.3 Å². The van der Waals surface area contributed by atoms with Gasteiger partial charge in [-0.25, -0.2) is 4.98 Å². The van der Waals surface area contributed by atoms with Crippen LogP contribution in [0.15, 0.2) is 41.0 Å². The third-order valence-electron chi connectivity index (χ3n) is 2.01. The Hall–Kier alpha value is -2.30. The van der Waals surface area contributed by atoms with Gasteiger partial charge in [-0.1, -0.05) is 6.07 Å². The molecule has 2 heterocycles. The molecule has 0 atom stereocenters. The van der Waals surface area contributed by atoms with Gasteiger partial charge in [0.2, 0.25) is 0 Å². The van der Waals surface area contributed by atoms with Crippen molar-refractivity contribution in [2.24, 2.45) is 0 Å². The molecule has 0 unspecified atom stereocenters. The summed E-state index contributed by atoms with van der Waals surface area (Å²) < 4.78 is 5.08. The zero-order valence-corrected chi connectivity index (χ0v) is 8.51. The first kappa shape index (κ1) is 10.2. The minimum Gasteiger partial charge on any atom is -0.467 e. The standard InChI is InChI=1S/C11H11N3O2/c12-10-5-1-4-9(14-10)11(15)13-7-8-3-2-6-16-8/h1-6H,7H2,(H2,12,14)(H,13,15). The molecule has 82 valence electrons. The molecular weight excluding hydrogens is 206 g/mol. The van der Waals surface area contributed by atoms with Gasteiger partial charge >= 0.3 is 0 Å². The van der Waals surface area contributed by atoms with E-state index in [1.807, 2.05) is 0 Å². The van der Waals surface area contributed by atoms with Gasteiger partial charge in [-0.3, -0.25) is 4.79 Å². The van der Waals surface area contributed by atoms with Crippen molar-refractivity contribution in [3.8, 4) is 0 Å². The van der Waals surface area contributed by atoms with Gasteiger partial charge in [0, 0.05) is 0 Å². The second-order valence-electron chi connectivity index (χ2n) is 3.21. The summed E-state index contributed by atoms with van der Waals surface area (Å²) in [6.45, 7) is 0.336. The number of carbonyl (C=O) groups is 1. The molecule has 1 amide bonds. The van der Waals surface area contributed by atoms with Crippen LogP contribution in [0.25, 0.3) is 0 Å². The first-order chi connectivity index (χ1) is 7.75. The fraction of sp³-hybridized carbons (Fsp3) is 0.0909. The quantitative estimate of drug-likeness (QED) is 0.809. The van der Waals surface area contributed by atoms with Gasteiger partial charge in [0.05, 0.1) is 12.8 Å². The smallest absolute Gasteiger partial charge is 0.270 e. The van der Waals surface area contributed by atoms with Gasteiger partial charge in [0.25, 0.3) is 5.91 Å². The highest BCUT2D eigenvalue weighted by atomic mass is 16.3. The number of nitrogen functional groups attached to an aromatic ring is 1. The molecule has 16 heavy (non-hydrogen) atoms. The maximum atomic E-state index is 11.6. The van der Waals surface area contributed by atoms with Crippen LogP contribution in [0.3, 0.4) is 0 Å². The van der Waals surface area contributed by atoms with Crippen LogP contribution in [0.2, 0.25) is 0 Å². The molecule has 0 aliphatic carbocycles. The van der Waals surface area contributed by atoms with Gasteiger partial charge in [-0.15, -0.1) is 0 Å². The van der Waals surface area contributed by atoms with Gasteiger partial charge in [0.1, 0.15) is 17.3 Å². The fourth-order valence-electron chi connectivity index (χ4n) is 1.25. The second kappa shape index (κ2) is 4.48. The first-order valence-electron chi connectivity index (χ1n) is 4.79. The van der Waals surface area contributed by atoms with Gasteiger partial charge in [0.15, 0.2) is 0 Å². The van der Waals surface area contributed by atoms with Crippen LogP contribution < -0.4 is 11.1 Å². The van der Waals surface area contributed by atoms with Crippen molar-refractivity contribution in [1.29, 1.82) is 0 Å². The van der Waals surface area contributed by atoms with Crippen LogP contribution in [0.1, 0.15) is 16.2 Å². The molecule has 0 radical (unpaired) electrons. The van der Waals surface area contributed by atoms with E-state index in [0.717, 1.165) is 0 Å². The van der Waals surface area contributed by atoms with E-state index in [0.29, 0.717) is 23.8 Å². The van der Waals surface area contributed by atoms with E-state index < -0.39 is 0 Å². The summed E-state index contributed by atoms with van der Waals surface area (Å²) in [5.41, 5.74) is 5.78. The predicted molar refractivity (Wildman–Crippen MR) is 58.5 cm³/mol. The highest BCUT2D eigenvalue weighted by molar-refractivity contribution is 5.92. The van der Waals surface area contributed by atoms with Crippen LogP contribution in [0.5, 0.6) is 0 Å². The largest absolute Gasteiger partial charge is 0.467 e. The number of hydrogen-bond acceptors (Lipinski definition) is 4. The number of hydrogen-bond donors (Lipinski definition) is 2. The van der Waals surface area contributed by atoms with Crippen molar-refractivity contribution in [3.05, 3.63) is 48.0 Å². The molecule has 5 nitrogen and oxygen atoms in total. The number of carbonyl (C=O) groups excluding carboxylic acids is 1. The minimum atomic E-state index is -0.274. The van der Waals surface area contributed by atoms with Crippen LogP contribution in [-0.2, 0) is 6.54 Å². The Balaban J connectivity index is 1.98. The lowest BCUT2D eigenvalue weighted by Gasteiger charge is -2.02. The van der Waals surface area contributed by atoms with E-state index in [1.54, 1.807) is 36.6 Å². The lowest BCUT2D eigenvalue weighted by Crippen LogP contribution is -2.23. The summed E-state index contributed by atoms with van der Waals surface area (Å²) in [5, 5.41) is 2.68. The van der Waals surface area contributed by atoms with Crippen LogP contribution >= 0.6 is 0 Å². The zero-order chi connectivity index (χ0) is 11.4. The number of nitrogens with two attached hydrogens (primary N) is 1. The first-order valence-corrected chi connectivity index (χ1v) is 4.79. The molecule has 2 aromatic heterocycles. The van der Waals surface area contributed by atoms with Gasteiger partial charge < -0.3 is 15.5 Å². The van der Waals surface area contributed by atoms with E-state index in [2.05, 4.69) is 10.3 Å². The number of pyridine rings is 1. The number of anilines is 1. The Morgan fingerprint density at radius 1 is 1.38 bits per heavy atom. The number of amides is 1. The summed E-state index contributed by atoms with van der Waals surface area (Å²) in [5.74, 6) is 0.742. The summed E-state index contributed by atoms with van der Waals surface area (Å²) >= 11 is 0. The van der Waals surface area contributed by atoms with Crippen LogP contribution in [0, 0.1) is 0 Å². The fourth-order valence-corrected chi connectivity index (χ4v) is 1.25. The van der Waals surface area contributed by atoms with Crippen molar-refractivity contribution in [3.63, 3.8) is 0 Å². The van der Waals surface area contributed by atoms with E-state index >= 15 is 0 Å². The summed E-state index contributed by atoms with van der Waals surface area (Å²) in [7, 11) is 0. The van der Waals surface area contributed by atoms with Crippen LogP contribution in [-0.4, -0.2) is 10.9 Å². The van der Waals surface area contributed by atoms with E-state index in [-0.39, 0.29) is 5.91 Å². The van der Waals surface area contributed by atoms with E-state index in [1.165, 1.54) is 0 Å². The van der Waals surface area contributed by atoms with Crippen molar-refractivity contribution < 1.29 is 9.21 Å². The molecule has 2 rings (SSSR count). The number of nitrogens with one attached hydrogen (secondary N) is 1. The molecule has 0 aliphatic heterocycles. The maximum Gasteiger partial charge on any atom is 0.270 e. The Kier molecular flexibility index (Phi) is 2.86. The molecule has 0 aliphatic rings. The molecule has 0 aromatic carbocycles. The van der Waals surface area contributed by atoms with Gasteiger partial charge in [-0.05, 0) is 24.3 Å². The third-order valence-corrected chi connectivity index (χ3v) is 2.01. The summed E-state index contributed by atoms with van der Waals surface area (Å²) in [4.78, 5) is 15.5. The number of rotatable bonds is 3. The average Bonchev–Trinajstić information content (AvgIpc) is 2.78. The molecule has 0 bridgehead atoms. The molecule has 0 spiro atoms. The number of nitrogens with zero attached hydrogens (tertiary/aromatic N) is 1. The van der Waals surface area contributed by atoms with Crippen molar-refractivity contribution in [1.82, 2.24) is 10.3 Å². The topological polar surface area (TPSA) is 81.2 Å². The van der Waals surface area contributed by atoms with E-state index in [4.69, 9.17) is 10.2 Å². The number of aromatic nitrogens is 1. The SMILES string of the molecule is Nc1cccc(C(=O)NCc2ccco2)n1. The lowest BCUT2D eigenvalue weighted by atomic mass is 10.3. The maximum absolute atomic E-state index is 11.6. The molecule has 5 heteroatoms. The molecule has 3 N–H and O–H groups in total. The van der Waals surface area contributed by atoms with Crippen molar-refractivity contribution in [2.45, 2.75) is 6.54 Å². The Morgan fingerprint density at radius 2 is 2.25 bits per heavy atom. The monoisotopic (exact) mass is 217 g/mol. The third kappa shape index (κ3) is 2.38. The number of furan rings is 1. The average molecular weight is 217 g/mol. The molecule has 0 saturated heterocycles. The Bertz CT molecular complexity index is 480. The predicted octanol–water partition coefficient (Wildman–Crippen LogP) is 1.19. The highest BCUT2D eigenvalue weighted by Gasteiger charge is 2.07. The van der Waals surface area contributed by atoms with Crippen LogP contribution in [0.4, 0.5) is 5.82 Å². The molecular formula is C11H11N3O2. The molecule has 0 fully saturated rings.